The van der Waals surface area contributed by atoms with Gasteiger partial charge in [-0.05, 0) is 55.3 Å². The molecule has 0 aromatic heterocycles. The second-order valence-electron chi connectivity index (χ2n) is 7.61. The summed E-state index contributed by atoms with van der Waals surface area (Å²) in [4.78, 5) is 27.5. The fourth-order valence-corrected chi connectivity index (χ4v) is 4.99. The maximum absolute atomic E-state index is 12.8. The van der Waals surface area contributed by atoms with Crippen LogP contribution in [0.3, 0.4) is 0 Å². The molecule has 2 amide bonds. The van der Waals surface area contributed by atoms with E-state index >= 15 is 0 Å². The van der Waals surface area contributed by atoms with Gasteiger partial charge in [-0.25, -0.2) is 8.42 Å². The molecule has 0 spiro atoms. The highest BCUT2D eigenvalue weighted by Gasteiger charge is 2.23. The Labute approximate surface area is 197 Å². The van der Waals surface area contributed by atoms with Gasteiger partial charge in [-0.3, -0.25) is 14.3 Å². The number of rotatable bonds is 6. The van der Waals surface area contributed by atoms with E-state index in [4.69, 9.17) is 11.6 Å². The zero-order valence-electron chi connectivity index (χ0n) is 17.6. The summed E-state index contributed by atoms with van der Waals surface area (Å²) in [5, 5.41) is 2.84. The minimum absolute atomic E-state index is 0.0728. The Balaban J connectivity index is 1.51. The van der Waals surface area contributed by atoms with Gasteiger partial charge in [0.05, 0.1) is 26.9 Å². The van der Waals surface area contributed by atoms with Crippen LogP contribution in [0.5, 0.6) is 0 Å². The number of carbonyl (C=O) groups excluding carboxylic acids is 2. The Morgan fingerprint density at radius 1 is 0.848 bits per heavy atom. The van der Waals surface area contributed by atoms with Crippen LogP contribution >= 0.6 is 11.6 Å². The van der Waals surface area contributed by atoms with E-state index in [1.807, 2.05) is 0 Å². The fourth-order valence-electron chi connectivity index (χ4n) is 3.61. The zero-order valence-corrected chi connectivity index (χ0v) is 19.2. The summed E-state index contributed by atoms with van der Waals surface area (Å²) < 4.78 is 27.5. The summed E-state index contributed by atoms with van der Waals surface area (Å²) in [6, 6.07) is 19.0. The molecular formula is C24H22ClN3O4S. The number of nitrogens with one attached hydrogen (secondary N) is 2. The van der Waals surface area contributed by atoms with E-state index < -0.39 is 15.9 Å². The van der Waals surface area contributed by atoms with E-state index in [2.05, 4.69) is 10.0 Å². The Kier molecular flexibility index (Phi) is 6.67. The number of para-hydroxylation sites is 1. The molecule has 9 heteroatoms. The van der Waals surface area contributed by atoms with Crippen LogP contribution in [0.25, 0.3) is 0 Å². The molecular weight excluding hydrogens is 462 g/mol. The van der Waals surface area contributed by atoms with Crippen LogP contribution in [-0.2, 0) is 10.0 Å². The number of hydrogen-bond acceptors (Lipinski definition) is 4. The molecule has 1 saturated heterocycles. The van der Waals surface area contributed by atoms with Crippen molar-refractivity contribution in [3.63, 3.8) is 0 Å². The van der Waals surface area contributed by atoms with Gasteiger partial charge >= 0.3 is 0 Å². The van der Waals surface area contributed by atoms with Gasteiger partial charge in [0.1, 0.15) is 0 Å². The van der Waals surface area contributed by atoms with Gasteiger partial charge in [0.25, 0.3) is 21.8 Å². The van der Waals surface area contributed by atoms with E-state index in [1.165, 1.54) is 30.3 Å². The van der Waals surface area contributed by atoms with Crippen LogP contribution in [0.4, 0.5) is 11.4 Å². The monoisotopic (exact) mass is 483 g/mol. The smallest absolute Gasteiger partial charge is 0.261 e. The molecule has 0 aliphatic carbocycles. The van der Waals surface area contributed by atoms with Crippen molar-refractivity contribution >= 4 is 44.8 Å². The van der Waals surface area contributed by atoms with Crippen LogP contribution in [0.1, 0.15) is 33.6 Å². The average molecular weight is 484 g/mol. The lowest BCUT2D eigenvalue weighted by Crippen LogP contribution is -2.28. The Hall–Kier alpha value is -3.36. The highest BCUT2D eigenvalue weighted by atomic mass is 35.5. The quantitative estimate of drug-likeness (QED) is 0.534. The van der Waals surface area contributed by atoms with E-state index in [0.29, 0.717) is 24.3 Å². The lowest BCUT2D eigenvalue weighted by Gasteiger charge is -2.18. The SMILES string of the molecule is O=C(Nc1ccccc1C(=O)N1CCCC1)c1ccc(NS(=O)(=O)c2ccccc2)c(Cl)c1. The molecule has 33 heavy (non-hydrogen) atoms. The highest BCUT2D eigenvalue weighted by Crippen LogP contribution is 2.27. The summed E-state index contributed by atoms with van der Waals surface area (Å²) in [5.41, 5.74) is 1.21. The van der Waals surface area contributed by atoms with E-state index in [0.717, 1.165) is 12.8 Å². The van der Waals surface area contributed by atoms with Gasteiger partial charge in [-0.15, -0.1) is 0 Å². The molecule has 0 unspecified atom stereocenters. The maximum atomic E-state index is 12.8. The number of benzene rings is 3. The fraction of sp³-hybridized carbons (Fsp3) is 0.167. The Morgan fingerprint density at radius 2 is 1.52 bits per heavy atom. The zero-order chi connectivity index (χ0) is 23.4. The van der Waals surface area contributed by atoms with Crippen molar-refractivity contribution in [3.8, 4) is 0 Å². The normalized spacial score (nSPS) is 13.5. The summed E-state index contributed by atoms with van der Waals surface area (Å²) in [6.07, 6.45) is 1.94. The number of likely N-dealkylation sites (tertiary alicyclic amines) is 1. The van der Waals surface area contributed by atoms with E-state index in [9.17, 15) is 18.0 Å². The predicted molar refractivity (Wildman–Crippen MR) is 128 cm³/mol. The van der Waals surface area contributed by atoms with Gasteiger partial charge in [-0.1, -0.05) is 41.9 Å². The van der Waals surface area contributed by atoms with Crippen molar-refractivity contribution in [2.75, 3.05) is 23.1 Å². The third-order valence-electron chi connectivity index (χ3n) is 5.33. The number of hydrogen-bond donors (Lipinski definition) is 2. The number of sulfonamides is 1. The molecule has 4 rings (SSSR count). The molecule has 1 heterocycles. The molecule has 3 aromatic rings. The Morgan fingerprint density at radius 3 is 2.21 bits per heavy atom. The third kappa shape index (κ3) is 5.18. The van der Waals surface area contributed by atoms with Crippen molar-refractivity contribution in [3.05, 3.63) is 88.9 Å². The van der Waals surface area contributed by atoms with Crippen molar-refractivity contribution in [2.45, 2.75) is 17.7 Å². The first-order valence-electron chi connectivity index (χ1n) is 10.4. The third-order valence-corrected chi connectivity index (χ3v) is 7.02. The second kappa shape index (κ2) is 9.64. The molecule has 7 nitrogen and oxygen atoms in total. The van der Waals surface area contributed by atoms with Gasteiger partial charge in [0.15, 0.2) is 0 Å². The number of halogens is 1. The average Bonchev–Trinajstić information content (AvgIpc) is 3.36. The first-order valence-corrected chi connectivity index (χ1v) is 12.3. The molecule has 1 fully saturated rings. The molecule has 0 radical (unpaired) electrons. The molecule has 0 saturated carbocycles. The number of amides is 2. The molecule has 1 aliphatic heterocycles. The van der Waals surface area contributed by atoms with Gasteiger partial charge < -0.3 is 10.2 Å². The lowest BCUT2D eigenvalue weighted by atomic mass is 10.1. The molecule has 2 N–H and O–H groups in total. The molecule has 0 bridgehead atoms. The minimum Gasteiger partial charge on any atom is -0.339 e. The van der Waals surface area contributed by atoms with Crippen molar-refractivity contribution in [1.82, 2.24) is 4.90 Å². The van der Waals surface area contributed by atoms with Crippen LogP contribution in [0, 0.1) is 0 Å². The number of anilines is 2. The summed E-state index contributed by atoms with van der Waals surface area (Å²) >= 11 is 6.27. The van der Waals surface area contributed by atoms with Crippen LogP contribution in [0.15, 0.2) is 77.7 Å². The molecule has 1 aliphatic rings. The van der Waals surface area contributed by atoms with E-state index in [1.54, 1.807) is 47.4 Å². The minimum atomic E-state index is -3.82. The van der Waals surface area contributed by atoms with Gasteiger partial charge in [0.2, 0.25) is 0 Å². The van der Waals surface area contributed by atoms with E-state index in [-0.39, 0.29) is 27.1 Å². The summed E-state index contributed by atoms with van der Waals surface area (Å²) in [7, 11) is -3.82. The van der Waals surface area contributed by atoms with Crippen LogP contribution in [-0.4, -0.2) is 38.2 Å². The van der Waals surface area contributed by atoms with Gasteiger partial charge in [0, 0.05) is 18.7 Å². The first kappa shape index (κ1) is 22.8. The van der Waals surface area contributed by atoms with Crippen LogP contribution < -0.4 is 10.0 Å². The van der Waals surface area contributed by atoms with Crippen molar-refractivity contribution in [1.29, 1.82) is 0 Å². The number of nitrogens with zero attached hydrogens (tertiary/aromatic N) is 1. The van der Waals surface area contributed by atoms with Gasteiger partial charge in [-0.2, -0.15) is 0 Å². The van der Waals surface area contributed by atoms with Crippen molar-refractivity contribution in [2.24, 2.45) is 0 Å². The van der Waals surface area contributed by atoms with Crippen molar-refractivity contribution < 1.29 is 18.0 Å². The second-order valence-corrected chi connectivity index (χ2v) is 9.70. The summed E-state index contributed by atoms with van der Waals surface area (Å²) in [5.74, 6) is -0.580. The number of carbonyl (C=O) groups is 2. The highest BCUT2D eigenvalue weighted by molar-refractivity contribution is 7.92. The first-order chi connectivity index (χ1) is 15.8. The summed E-state index contributed by atoms with van der Waals surface area (Å²) in [6.45, 7) is 1.41. The molecule has 3 aromatic carbocycles. The molecule has 170 valence electrons. The predicted octanol–water partition coefficient (Wildman–Crippen LogP) is 4.63. The maximum Gasteiger partial charge on any atom is 0.261 e. The lowest BCUT2D eigenvalue weighted by molar-refractivity contribution is 0.0794. The van der Waals surface area contributed by atoms with Crippen LogP contribution in [0.2, 0.25) is 5.02 Å². The standard InChI is InChI=1S/C24H22ClN3O4S/c25-20-16-17(12-13-22(20)27-33(31,32)18-8-2-1-3-9-18)23(29)26-21-11-5-4-10-19(21)24(30)28-14-6-7-15-28/h1-5,8-13,16,27H,6-7,14-15H2,(H,26,29). The molecule has 0 atom stereocenters. The largest absolute Gasteiger partial charge is 0.339 e. The Bertz CT molecular complexity index is 1290. The topological polar surface area (TPSA) is 95.6 Å².